The first kappa shape index (κ1) is 16.7. The molecule has 0 spiro atoms. The lowest BCUT2D eigenvalue weighted by atomic mass is 10.0. The second-order valence-corrected chi connectivity index (χ2v) is 4.86. The fourth-order valence-electron chi connectivity index (χ4n) is 2.00. The Kier molecular flexibility index (Phi) is 4.77. The molecular formula is C14H13F3N4O2. The Balaban J connectivity index is 1.99. The highest BCUT2D eigenvalue weighted by Crippen LogP contribution is 2.31. The van der Waals surface area contributed by atoms with Crippen molar-refractivity contribution in [3.05, 3.63) is 35.4 Å². The van der Waals surface area contributed by atoms with Gasteiger partial charge in [0.25, 0.3) is 0 Å². The molecule has 1 heterocycles. The van der Waals surface area contributed by atoms with Gasteiger partial charge in [-0.25, -0.2) is 10.9 Å². The van der Waals surface area contributed by atoms with E-state index in [4.69, 9.17) is 0 Å². The van der Waals surface area contributed by atoms with Crippen molar-refractivity contribution < 1.29 is 22.8 Å². The highest BCUT2D eigenvalue weighted by Gasteiger charge is 2.32. The summed E-state index contributed by atoms with van der Waals surface area (Å²) >= 11 is 0. The van der Waals surface area contributed by atoms with Crippen molar-refractivity contribution in [2.75, 3.05) is 0 Å². The van der Waals surface area contributed by atoms with Crippen LogP contribution in [0, 0.1) is 5.92 Å². The van der Waals surface area contributed by atoms with Gasteiger partial charge < -0.3 is 0 Å². The molecule has 0 aromatic heterocycles. The van der Waals surface area contributed by atoms with Gasteiger partial charge in [-0.2, -0.15) is 23.4 Å². The molecule has 0 fully saturated rings. The number of hydrogen-bond donors (Lipinski definition) is 2. The van der Waals surface area contributed by atoms with Crippen LogP contribution in [0.25, 0.3) is 0 Å². The number of rotatable bonds is 4. The van der Waals surface area contributed by atoms with Crippen LogP contribution in [0.1, 0.15) is 24.5 Å². The summed E-state index contributed by atoms with van der Waals surface area (Å²) in [5.74, 6) is -1.68. The average Bonchev–Trinajstić information content (AvgIpc) is 2.78. The first-order valence-corrected chi connectivity index (χ1v) is 6.61. The number of halogens is 3. The quantitative estimate of drug-likeness (QED) is 0.652. The van der Waals surface area contributed by atoms with Gasteiger partial charge in [0.1, 0.15) is 0 Å². The molecule has 0 radical (unpaired) electrons. The summed E-state index contributed by atoms with van der Waals surface area (Å²) in [6.45, 7) is 1.60. The lowest BCUT2D eigenvalue weighted by molar-refractivity contribution is -0.137. The van der Waals surface area contributed by atoms with E-state index in [2.05, 4.69) is 21.1 Å². The maximum Gasteiger partial charge on any atom is 0.417 e. The van der Waals surface area contributed by atoms with E-state index in [9.17, 15) is 22.8 Å². The van der Waals surface area contributed by atoms with Gasteiger partial charge in [-0.05, 0) is 13.0 Å². The fourth-order valence-corrected chi connectivity index (χ4v) is 2.00. The smallest absolute Gasteiger partial charge is 0.273 e. The molecule has 1 aromatic carbocycles. The van der Waals surface area contributed by atoms with E-state index < -0.39 is 29.5 Å². The van der Waals surface area contributed by atoms with Gasteiger partial charge in [-0.3, -0.25) is 9.59 Å². The molecule has 1 aliphatic rings. The first-order chi connectivity index (χ1) is 10.8. The van der Waals surface area contributed by atoms with Crippen LogP contribution < -0.4 is 10.9 Å². The van der Waals surface area contributed by atoms with Gasteiger partial charge in [0.15, 0.2) is 0 Å². The van der Waals surface area contributed by atoms with Crippen LogP contribution in [-0.4, -0.2) is 23.7 Å². The van der Waals surface area contributed by atoms with Crippen molar-refractivity contribution >= 4 is 23.7 Å². The van der Waals surface area contributed by atoms with E-state index >= 15 is 0 Å². The maximum absolute atomic E-state index is 12.8. The van der Waals surface area contributed by atoms with E-state index in [0.29, 0.717) is 5.71 Å². The summed E-state index contributed by atoms with van der Waals surface area (Å²) in [5.41, 5.74) is 3.79. The minimum Gasteiger partial charge on any atom is -0.273 e. The summed E-state index contributed by atoms with van der Waals surface area (Å²) < 4.78 is 38.4. The zero-order valence-electron chi connectivity index (χ0n) is 12.0. The lowest BCUT2D eigenvalue weighted by Crippen LogP contribution is -2.29. The van der Waals surface area contributed by atoms with E-state index in [1.165, 1.54) is 18.2 Å². The van der Waals surface area contributed by atoms with E-state index in [1.807, 2.05) is 0 Å². The summed E-state index contributed by atoms with van der Waals surface area (Å²) in [5, 5.41) is 7.20. The van der Waals surface area contributed by atoms with Crippen molar-refractivity contribution in [2.24, 2.45) is 16.1 Å². The molecule has 0 saturated carbocycles. The summed E-state index contributed by atoms with van der Waals surface area (Å²) in [7, 11) is 0. The number of amides is 2. The Bertz CT molecular complexity index is 683. The predicted molar refractivity (Wildman–Crippen MR) is 76.5 cm³/mol. The number of benzene rings is 1. The fraction of sp³-hybridized carbons (Fsp3) is 0.286. The Hall–Kier alpha value is -2.71. The molecule has 0 saturated heterocycles. The highest BCUT2D eigenvalue weighted by molar-refractivity contribution is 6.09. The first-order valence-electron chi connectivity index (χ1n) is 6.61. The maximum atomic E-state index is 12.8. The molecule has 1 aliphatic heterocycles. The van der Waals surface area contributed by atoms with E-state index in [1.54, 1.807) is 6.92 Å². The van der Waals surface area contributed by atoms with Crippen LogP contribution in [-0.2, 0) is 15.8 Å². The van der Waals surface area contributed by atoms with E-state index in [-0.39, 0.29) is 12.0 Å². The average molecular weight is 326 g/mol. The number of nitrogens with one attached hydrogen (secondary N) is 2. The Morgan fingerprint density at radius 1 is 1.43 bits per heavy atom. The molecule has 1 aromatic rings. The second kappa shape index (κ2) is 6.59. The number of carbonyl (C=O) groups excluding carboxylic acids is 2. The zero-order valence-corrected chi connectivity index (χ0v) is 12.0. The largest absolute Gasteiger partial charge is 0.417 e. The monoisotopic (exact) mass is 326 g/mol. The third-order valence-electron chi connectivity index (χ3n) is 3.21. The number of nitrogens with zero attached hydrogens (tertiary/aromatic N) is 2. The zero-order chi connectivity index (χ0) is 17.0. The Morgan fingerprint density at radius 2 is 2.13 bits per heavy atom. The van der Waals surface area contributed by atoms with Crippen LogP contribution in [0.4, 0.5) is 13.2 Å². The van der Waals surface area contributed by atoms with Crippen molar-refractivity contribution in [3.63, 3.8) is 0 Å². The standard InChI is InChI=1S/C14H13F3N4O2/c1-8-10(13(23)21-19-8)6-12(22)20-18-7-9-4-2-3-5-11(9)14(15,16)17/h2-5,7,10H,6H2,1H3,(H,20,22)(H,21,23)/b18-7-/t10-/m1/s1. The number of carbonyl (C=O) groups is 2. The summed E-state index contributed by atoms with van der Waals surface area (Å²) in [6.07, 6.45) is -3.78. The Labute approximate surface area is 129 Å². The number of hydrogen-bond acceptors (Lipinski definition) is 4. The summed E-state index contributed by atoms with van der Waals surface area (Å²) in [4.78, 5) is 23.1. The van der Waals surface area contributed by atoms with Crippen LogP contribution in [0.15, 0.2) is 34.5 Å². The third-order valence-corrected chi connectivity index (χ3v) is 3.21. The normalized spacial score (nSPS) is 18.0. The molecule has 2 N–H and O–H groups in total. The second-order valence-electron chi connectivity index (χ2n) is 4.86. The van der Waals surface area contributed by atoms with Crippen LogP contribution >= 0.6 is 0 Å². The molecule has 1 atom stereocenters. The van der Waals surface area contributed by atoms with Gasteiger partial charge in [0.05, 0.1) is 17.7 Å². The molecule has 9 heteroatoms. The molecule has 2 amide bonds. The third kappa shape index (κ3) is 4.15. The molecule has 0 aliphatic carbocycles. The van der Waals surface area contributed by atoms with Crippen molar-refractivity contribution in [1.82, 2.24) is 10.9 Å². The molecule has 2 rings (SSSR count). The van der Waals surface area contributed by atoms with Crippen LogP contribution in [0.2, 0.25) is 0 Å². The molecule has 0 unspecified atom stereocenters. The SMILES string of the molecule is CC1=NNC(=O)[C@@H]1CC(=O)N/N=C\c1ccccc1C(F)(F)F. The van der Waals surface area contributed by atoms with Gasteiger partial charge >= 0.3 is 6.18 Å². The van der Waals surface area contributed by atoms with Gasteiger partial charge in [0.2, 0.25) is 11.8 Å². The Morgan fingerprint density at radius 3 is 2.74 bits per heavy atom. The van der Waals surface area contributed by atoms with Crippen molar-refractivity contribution in [1.29, 1.82) is 0 Å². The number of hydrazone groups is 2. The predicted octanol–water partition coefficient (Wildman–Crippen LogP) is 1.67. The molecule has 6 nitrogen and oxygen atoms in total. The molecular weight excluding hydrogens is 313 g/mol. The number of alkyl halides is 3. The van der Waals surface area contributed by atoms with Crippen LogP contribution in [0.5, 0.6) is 0 Å². The highest BCUT2D eigenvalue weighted by atomic mass is 19.4. The minimum absolute atomic E-state index is 0.170. The molecule has 0 bridgehead atoms. The minimum atomic E-state index is -4.51. The van der Waals surface area contributed by atoms with E-state index in [0.717, 1.165) is 12.3 Å². The van der Waals surface area contributed by atoms with Crippen LogP contribution in [0.3, 0.4) is 0 Å². The summed E-state index contributed by atoms with van der Waals surface area (Å²) in [6, 6.07) is 4.85. The van der Waals surface area contributed by atoms with Gasteiger partial charge in [-0.15, -0.1) is 0 Å². The van der Waals surface area contributed by atoms with Crippen molar-refractivity contribution in [3.8, 4) is 0 Å². The van der Waals surface area contributed by atoms with Gasteiger partial charge in [0, 0.05) is 17.7 Å². The molecule has 122 valence electrons. The van der Waals surface area contributed by atoms with Gasteiger partial charge in [-0.1, -0.05) is 18.2 Å². The lowest BCUT2D eigenvalue weighted by Gasteiger charge is -2.09. The topological polar surface area (TPSA) is 82.9 Å². The molecule has 23 heavy (non-hydrogen) atoms. The van der Waals surface area contributed by atoms with Crippen molar-refractivity contribution in [2.45, 2.75) is 19.5 Å².